The first-order valence-electron chi connectivity index (χ1n) is 11.7. The lowest BCUT2D eigenvalue weighted by atomic mass is 9.94. The van der Waals surface area contributed by atoms with E-state index in [4.69, 9.17) is 0 Å². The van der Waals surface area contributed by atoms with Gasteiger partial charge in [0.1, 0.15) is 5.75 Å². The number of pyridine rings is 1. The van der Waals surface area contributed by atoms with Crippen LogP contribution in [-0.2, 0) is 0 Å². The summed E-state index contributed by atoms with van der Waals surface area (Å²) in [5.74, 6) is -0.162. The first-order valence-corrected chi connectivity index (χ1v) is 11.7. The number of carbonyl (C=O) groups excluding carboxylic acids is 1. The summed E-state index contributed by atoms with van der Waals surface area (Å²) in [6.45, 7) is 7.15. The zero-order valence-corrected chi connectivity index (χ0v) is 19.7. The summed E-state index contributed by atoms with van der Waals surface area (Å²) < 4.78 is 41.2. The highest BCUT2D eigenvalue weighted by Gasteiger charge is 2.31. The Labute approximate surface area is 202 Å². The number of alkyl halides is 3. The van der Waals surface area contributed by atoms with E-state index in [9.17, 15) is 18.0 Å². The van der Waals surface area contributed by atoms with Gasteiger partial charge in [-0.05, 0) is 79.9 Å². The summed E-state index contributed by atoms with van der Waals surface area (Å²) in [6, 6.07) is 14.8. The number of halogens is 3. The number of hydrogen-bond donors (Lipinski definition) is 1. The van der Waals surface area contributed by atoms with Gasteiger partial charge in [0.05, 0.1) is 11.9 Å². The molecule has 2 aromatic carbocycles. The van der Waals surface area contributed by atoms with Crippen molar-refractivity contribution in [3.8, 4) is 16.9 Å². The fourth-order valence-electron chi connectivity index (χ4n) is 4.53. The molecule has 1 aliphatic heterocycles. The molecule has 1 aromatic heterocycles. The predicted octanol–water partition coefficient (Wildman–Crippen LogP) is 6.41. The highest BCUT2D eigenvalue weighted by Crippen LogP contribution is 2.30. The molecule has 3 aromatic rings. The molecule has 0 aliphatic carbocycles. The van der Waals surface area contributed by atoms with E-state index in [2.05, 4.69) is 26.9 Å². The van der Waals surface area contributed by atoms with Gasteiger partial charge in [-0.25, -0.2) is 0 Å². The van der Waals surface area contributed by atoms with Crippen molar-refractivity contribution >= 4 is 11.6 Å². The van der Waals surface area contributed by atoms with Crippen LogP contribution in [0.3, 0.4) is 0 Å². The molecule has 5 nitrogen and oxygen atoms in total. The highest BCUT2D eigenvalue weighted by atomic mass is 19.4. The van der Waals surface area contributed by atoms with Gasteiger partial charge in [-0.1, -0.05) is 31.2 Å². The van der Waals surface area contributed by atoms with Crippen molar-refractivity contribution in [3.05, 3.63) is 77.6 Å². The van der Waals surface area contributed by atoms with E-state index < -0.39 is 6.36 Å². The average Bonchev–Trinajstić information content (AvgIpc) is 2.84. The van der Waals surface area contributed by atoms with Crippen LogP contribution in [0.1, 0.15) is 47.3 Å². The minimum Gasteiger partial charge on any atom is -0.406 e. The normalized spacial score (nSPS) is 16.7. The van der Waals surface area contributed by atoms with Crippen LogP contribution in [0.4, 0.5) is 18.9 Å². The number of nitrogens with one attached hydrogen (secondary N) is 1. The second kappa shape index (κ2) is 10.5. The Morgan fingerprint density at radius 3 is 2.57 bits per heavy atom. The molecule has 1 saturated heterocycles. The zero-order valence-electron chi connectivity index (χ0n) is 19.7. The third-order valence-corrected chi connectivity index (χ3v) is 6.39. The lowest BCUT2D eigenvalue weighted by molar-refractivity contribution is -0.274. The van der Waals surface area contributed by atoms with E-state index in [-0.39, 0.29) is 11.7 Å². The molecule has 1 N–H and O–H groups in total. The Bertz CT molecular complexity index is 1160. The van der Waals surface area contributed by atoms with Gasteiger partial charge >= 0.3 is 6.36 Å². The van der Waals surface area contributed by atoms with Crippen LogP contribution in [0.5, 0.6) is 5.75 Å². The number of likely N-dealkylation sites (tertiary alicyclic amines) is 1. The van der Waals surface area contributed by atoms with Gasteiger partial charge in [-0.15, -0.1) is 13.2 Å². The van der Waals surface area contributed by atoms with E-state index in [1.165, 1.54) is 12.1 Å². The number of nitrogens with zero attached hydrogens (tertiary/aromatic N) is 2. The van der Waals surface area contributed by atoms with Gasteiger partial charge < -0.3 is 15.0 Å². The molecule has 2 heterocycles. The maximum absolute atomic E-state index is 13.0. The summed E-state index contributed by atoms with van der Waals surface area (Å²) in [6.07, 6.45) is -0.775. The van der Waals surface area contributed by atoms with Crippen LogP contribution in [0, 0.1) is 6.92 Å². The van der Waals surface area contributed by atoms with E-state index >= 15 is 0 Å². The molecule has 1 aliphatic rings. The minimum absolute atomic E-state index is 0.272. The molecule has 1 fully saturated rings. The molecule has 184 valence electrons. The lowest BCUT2D eigenvalue weighted by Gasteiger charge is -2.31. The Morgan fingerprint density at radius 1 is 1.14 bits per heavy atom. The van der Waals surface area contributed by atoms with Gasteiger partial charge in [0, 0.05) is 23.7 Å². The van der Waals surface area contributed by atoms with Crippen LogP contribution in [-0.4, -0.2) is 41.8 Å². The molecule has 0 bridgehead atoms. The number of ether oxygens (including phenoxy) is 1. The summed E-state index contributed by atoms with van der Waals surface area (Å²) in [5.41, 5.74) is 4.29. The average molecular weight is 484 g/mol. The summed E-state index contributed by atoms with van der Waals surface area (Å²) in [4.78, 5) is 20.0. The third-order valence-electron chi connectivity index (χ3n) is 6.39. The maximum Gasteiger partial charge on any atom is 0.573 e. The number of hydrogen-bond acceptors (Lipinski definition) is 4. The molecule has 1 unspecified atom stereocenters. The Hall–Kier alpha value is -3.39. The topological polar surface area (TPSA) is 54.5 Å². The number of likely N-dealkylation sites (N-methyl/N-ethyl adjacent to an activating group) is 1. The standard InChI is InChI=1S/C27H28F3N3O2/c1-3-33-15-5-6-20(17-33)25-14-11-21(16-31-25)32-26(34)24-8-4-7-23(18(24)2)19-9-12-22(13-10-19)35-27(28,29)30/h4,7-14,16,20H,3,5-6,15,17H2,1-2H3,(H,32,34). The molecular formula is C27H28F3N3O2. The highest BCUT2D eigenvalue weighted by molar-refractivity contribution is 6.06. The van der Waals surface area contributed by atoms with Crippen LogP contribution < -0.4 is 10.1 Å². The quantitative estimate of drug-likeness (QED) is 0.440. The molecule has 0 radical (unpaired) electrons. The maximum atomic E-state index is 13.0. The van der Waals surface area contributed by atoms with Crippen LogP contribution >= 0.6 is 0 Å². The van der Waals surface area contributed by atoms with E-state index in [0.29, 0.717) is 22.7 Å². The first kappa shape index (κ1) is 24.7. The number of amides is 1. The number of rotatable bonds is 6. The van der Waals surface area contributed by atoms with Gasteiger partial charge in [0.25, 0.3) is 5.91 Å². The molecule has 0 spiro atoms. The van der Waals surface area contributed by atoms with Crippen LogP contribution in [0.15, 0.2) is 60.8 Å². The van der Waals surface area contributed by atoms with Crippen molar-refractivity contribution < 1.29 is 22.7 Å². The summed E-state index contributed by atoms with van der Waals surface area (Å²) in [5, 5.41) is 2.91. The number of piperidine rings is 1. The predicted molar refractivity (Wildman–Crippen MR) is 130 cm³/mol. The van der Waals surface area contributed by atoms with Crippen molar-refractivity contribution in [1.29, 1.82) is 0 Å². The molecule has 4 rings (SSSR count). The van der Waals surface area contributed by atoms with Crippen molar-refractivity contribution in [2.24, 2.45) is 0 Å². The largest absolute Gasteiger partial charge is 0.573 e. The van der Waals surface area contributed by atoms with E-state index in [0.717, 1.165) is 49.3 Å². The van der Waals surface area contributed by atoms with Crippen molar-refractivity contribution in [3.63, 3.8) is 0 Å². The smallest absolute Gasteiger partial charge is 0.406 e. The van der Waals surface area contributed by atoms with Crippen LogP contribution in [0.25, 0.3) is 11.1 Å². The van der Waals surface area contributed by atoms with Gasteiger partial charge in [0.2, 0.25) is 0 Å². The molecule has 8 heteroatoms. The zero-order chi connectivity index (χ0) is 25.0. The first-order chi connectivity index (χ1) is 16.7. The number of benzene rings is 2. The lowest BCUT2D eigenvalue weighted by Crippen LogP contribution is -2.34. The second-order valence-electron chi connectivity index (χ2n) is 8.71. The molecule has 1 atom stereocenters. The van der Waals surface area contributed by atoms with Gasteiger partial charge in [-0.3, -0.25) is 9.78 Å². The van der Waals surface area contributed by atoms with E-state index in [1.54, 1.807) is 30.5 Å². The van der Waals surface area contributed by atoms with Crippen molar-refractivity contribution in [1.82, 2.24) is 9.88 Å². The number of carbonyl (C=O) groups is 1. The third kappa shape index (κ3) is 6.19. The minimum atomic E-state index is -4.74. The Morgan fingerprint density at radius 2 is 1.91 bits per heavy atom. The van der Waals surface area contributed by atoms with Gasteiger partial charge in [-0.2, -0.15) is 0 Å². The van der Waals surface area contributed by atoms with Crippen LogP contribution in [0.2, 0.25) is 0 Å². The van der Waals surface area contributed by atoms with Gasteiger partial charge in [0.15, 0.2) is 0 Å². The molecule has 35 heavy (non-hydrogen) atoms. The monoisotopic (exact) mass is 483 g/mol. The second-order valence-corrected chi connectivity index (χ2v) is 8.71. The Balaban J connectivity index is 1.46. The molecule has 1 amide bonds. The Kier molecular flexibility index (Phi) is 7.40. The number of anilines is 1. The van der Waals surface area contributed by atoms with Crippen molar-refractivity contribution in [2.75, 3.05) is 25.0 Å². The number of aromatic nitrogens is 1. The fourth-order valence-corrected chi connectivity index (χ4v) is 4.53. The molecule has 0 saturated carbocycles. The summed E-state index contributed by atoms with van der Waals surface area (Å²) >= 11 is 0. The van der Waals surface area contributed by atoms with E-state index in [1.807, 2.05) is 25.1 Å². The fraction of sp³-hybridized carbons (Fsp3) is 0.333. The molecular weight excluding hydrogens is 455 g/mol. The summed E-state index contributed by atoms with van der Waals surface area (Å²) in [7, 11) is 0. The van der Waals surface area contributed by atoms with Crippen molar-refractivity contribution in [2.45, 2.75) is 39.0 Å². The SMILES string of the molecule is CCN1CCCC(c2ccc(NC(=O)c3cccc(-c4ccc(OC(F)(F)F)cc4)c3C)cn2)C1.